The van der Waals surface area contributed by atoms with Crippen LogP contribution in [0, 0.1) is 12.7 Å². The van der Waals surface area contributed by atoms with Crippen molar-refractivity contribution in [2.75, 3.05) is 0 Å². The van der Waals surface area contributed by atoms with Gasteiger partial charge in [0.2, 0.25) is 5.89 Å². The normalized spacial score (nSPS) is 10.7. The Morgan fingerprint density at radius 3 is 2.88 bits per heavy atom. The fourth-order valence-corrected chi connectivity index (χ4v) is 1.39. The third-order valence-electron chi connectivity index (χ3n) is 2.19. The summed E-state index contributed by atoms with van der Waals surface area (Å²) in [6.45, 7) is 2.62. The van der Waals surface area contributed by atoms with Crippen LogP contribution in [0.15, 0.2) is 22.7 Å². The highest BCUT2D eigenvalue weighted by Crippen LogP contribution is 2.15. The van der Waals surface area contributed by atoms with E-state index in [0.29, 0.717) is 24.8 Å². The Hall–Kier alpha value is -1.95. The van der Waals surface area contributed by atoms with Crippen molar-refractivity contribution in [3.63, 3.8) is 0 Å². The minimum Gasteiger partial charge on any atom is -0.505 e. The second-order valence-electron chi connectivity index (χ2n) is 3.62. The van der Waals surface area contributed by atoms with Crippen LogP contribution >= 0.6 is 0 Å². The summed E-state index contributed by atoms with van der Waals surface area (Å²) in [6.07, 6.45) is 0. The second kappa shape index (κ2) is 4.92. The number of halogens is 1. The van der Waals surface area contributed by atoms with Gasteiger partial charge in [-0.25, -0.2) is 4.39 Å². The lowest BCUT2D eigenvalue weighted by Gasteiger charge is -2.03. The topological polar surface area (TPSA) is 71.2 Å². The first kappa shape index (κ1) is 11.5. The van der Waals surface area contributed by atoms with Crippen molar-refractivity contribution < 1.29 is 14.0 Å². The molecule has 0 unspecified atom stereocenters. The fraction of sp³-hybridized carbons (Fsp3) is 0.273. The van der Waals surface area contributed by atoms with Crippen molar-refractivity contribution in [1.29, 1.82) is 0 Å². The van der Waals surface area contributed by atoms with E-state index in [1.54, 1.807) is 13.0 Å². The van der Waals surface area contributed by atoms with Gasteiger partial charge in [-0.05, 0) is 24.6 Å². The van der Waals surface area contributed by atoms with E-state index < -0.39 is 5.82 Å². The van der Waals surface area contributed by atoms with E-state index in [1.807, 2.05) is 0 Å². The molecule has 17 heavy (non-hydrogen) atoms. The average molecular weight is 237 g/mol. The predicted octanol–water partition coefficient (Wildman–Crippen LogP) is 1.51. The third kappa shape index (κ3) is 3.01. The number of rotatable bonds is 4. The Morgan fingerprint density at radius 1 is 1.41 bits per heavy atom. The highest BCUT2D eigenvalue weighted by molar-refractivity contribution is 5.27. The van der Waals surface area contributed by atoms with E-state index in [0.717, 1.165) is 5.56 Å². The van der Waals surface area contributed by atoms with Gasteiger partial charge in [0.15, 0.2) is 17.4 Å². The van der Waals surface area contributed by atoms with E-state index in [2.05, 4.69) is 15.5 Å². The molecule has 2 aromatic rings. The van der Waals surface area contributed by atoms with Crippen molar-refractivity contribution in [2.24, 2.45) is 0 Å². The van der Waals surface area contributed by atoms with Gasteiger partial charge < -0.3 is 14.9 Å². The molecule has 0 saturated heterocycles. The zero-order valence-electron chi connectivity index (χ0n) is 9.27. The predicted molar refractivity (Wildman–Crippen MR) is 57.6 cm³/mol. The summed E-state index contributed by atoms with van der Waals surface area (Å²) >= 11 is 0. The van der Waals surface area contributed by atoms with Gasteiger partial charge >= 0.3 is 0 Å². The molecule has 1 aromatic carbocycles. The Labute approximate surface area is 97.3 Å². The largest absolute Gasteiger partial charge is 0.505 e. The highest BCUT2D eigenvalue weighted by atomic mass is 19.1. The molecule has 0 fully saturated rings. The van der Waals surface area contributed by atoms with Crippen LogP contribution in [0.5, 0.6) is 5.75 Å². The molecule has 0 aliphatic carbocycles. The molecule has 2 N–H and O–H groups in total. The van der Waals surface area contributed by atoms with Gasteiger partial charge in [-0.15, -0.1) is 0 Å². The van der Waals surface area contributed by atoms with Crippen LogP contribution < -0.4 is 5.32 Å². The van der Waals surface area contributed by atoms with Crippen LogP contribution in [0.3, 0.4) is 0 Å². The van der Waals surface area contributed by atoms with Crippen molar-refractivity contribution in [1.82, 2.24) is 15.5 Å². The maximum Gasteiger partial charge on any atom is 0.240 e. The molecule has 2 rings (SSSR count). The maximum absolute atomic E-state index is 13.0. The standard InChI is InChI=1S/C11H12FN3O2/c1-7-14-11(17-15-7)6-13-5-8-2-3-10(16)9(12)4-8/h2-4,13,16H,5-6H2,1H3. The van der Waals surface area contributed by atoms with Gasteiger partial charge in [0.1, 0.15) is 0 Å². The van der Waals surface area contributed by atoms with Crippen LogP contribution in [0.2, 0.25) is 0 Å². The number of nitrogens with zero attached hydrogens (tertiary/aromatic N) is 2. The molecule has 6 heteroatoms. The number of nitrogens with one attached hydrogen (secondary N) is 1. The van der Waals surface area contributed by atoms with Gasteiger partial charge in [-0.2, -0.15) is 4.98 Å². The summed E-state index contributed by atoms with van der Waals surface area (Å²) in [6, 6.07) is 4.25. The first-order chi connectivity index (χ1) is 8.15. The second-order valence-corrected chi connectivity index (χ2v) is 3.62. The maximum atomic E-state index is 13.0. The number of hydrogen-bond donors (Lipinski definition) is 2. The lowest BCUT2D eigenvalue weighted by atomic mass is 10.2. The van der Waals surface area contributed by atoms with Crippen LogP contribution in [0.4, 0.5) is 4.39 Å². The van der Waals surface area contributed by atoms with Gasteiger partial charge in [0, 0.05) is 6.54 Å². The van der Waals surface area contributed by atoms with E-state index in [9.17, 15) is 4.39 Å². The van der Waals surface area contributed by atoms with Crippen molar-refractivity contribution >= 4 is 0 Å². The number of phenolic OH excluding ortho intramolecular Hbond substituents is 1. The lowest BCUT2D eigenvalue weighted by molar-refractivity contribution is 0.364. The summed E-state index contributed by atoms with van der Waals surface area (Å²) in [5.41, 5.74) is 0.733. The van der Waals surface area contributed by atoms with Crippen molar-refractivity contribution in [3.8, 4) is 5.75 Å². The molecule has 0 amide bonds. The first-order valence-corrected chi connectivity index (χ1v) is 5.12. The molecule has 0 radical (unpaired) electrons. The van der Waals surface area contributed by atoms with Crippen LogP contribution in [0.1, 0.15) is 17.3 Å². The number of benzene rings is 1. The van der Waals surface area contributed by atoms with E-state index in [1.165, 1.54) is 12.1 Å². The molecule has 0 saturated carbocycles. The minimum absolute atomic E-state index is 0.346. The molecule has 90 valence electrons. The molecule has 0 aliphatic heterocycles. The Morgan fingerprint density at radius 2 is 2.24 bits per heavy atom. The zero-order chi connectivity index (χ0) is 12.3. The Bertz CT molecular complexity index is 513. The molecular formula is C11H12FN3O2. The molecule has 0 bridgehead atoms. The average Bonchev–Trinajstić information content (AvgIpc) is 2.70. The smallest absolute Gasteiger partial charge is 0.240 e. The number of aromatic hydroxyl groups is 1. The first-order valence-electron chi connectivity index (χ1n) is 5.12. The number of phenols is 1. The number of aryl methyl sites for hydroxylation is 1. The summed E-state index contributed by atoms with van der Waals surface area (Å²) in [4.78, 5) is 4.02. The lowest BCUT2D eigenvalue weighted by Crippen LogP contribution is -2.13. The van der Waals surface area contributed by atoms with Crippen LogP contribution in [-0.2, 0) is 13.1 Å². The van der Waals surface area contributed by atoms with Crippen molar-refractivity contribution in [2.45, 2.75) is 20.0 Å². The van der Waals surface area contributed by atoms with Crippen LogP contribution in [-0.4, -0.2) is 15.2 Å². The monoisotopic (exact) mass is 237 g/mol. The molecule has 1 heterocycles. The molecular weight excluding hydrogens is 225 g/mol. The summed E-state index contributed by atoms with van der Waals surface area (Å²) in [5, 5.41) is 15.7. The highest BCUT2D eigenvalue weighted by Gasteiger charge is 2.03. The molecule has 1 aromatic heterocycles. The summed E-state index contributed by atoms with van der Waals surface area (Å²) in [7, 11) is 0. The summed E-state index contributed by atoms with van der Waals surface area (Å²) in [5.74, 6) is 0.0958. The van der Waals surface area contributed by atoms with Gasteiger partial charge in [0.05, 0.1) is 6.54 Å². The van der Waals surface area contributed by atoms with E-state index >= 15 is 0 Å². The molecule has 0 aliphatic rings. The van der Waals surface area contributed by atoms with Gasteiger partial charge in [-0.1, -0.05) is 11.2 Å². The Kier molecular flexibility index (Phi) is 3.34. The zero-order valence-corrected chi connectivity index (χ0v) is 9.27. The van der Waals surface area contributed by atoms with Gasteiger partial charge in [-0.3, -0.25) is 0 Å². The number of hydrogen-bond acceptors (Lipinski definition) is 5. The Balaban J connectivity index is 1.87. The van der Waals surface area contributed by atoms with Crippen LogP contribution in [0.25, 0.3) is 0 Å². The molecule has 0 spiro atoms. The summed E-state index contributed by atoms with van der Waals surface area (Å²) < 4.78 is 17.9. The molecule has 0 atom stereocenters. The van der Waals surface area contributed by atoms with Gasteiger partial charge in [0.25, 0.3) is 0 Å². The minimum atomic E-state index is -0.627. The number of aromatic nitrogens is 2. The van der Waals surface area contributed by atoms with E-state index in [-0.39, 0.29) is 5.75 Å². The van der Waals surface area contributed by atoms with Crippen molar-refractivity contribution in [3.05, 3.63) is 41.3 Å². The molecule has 5 nitrogen and oxygen atoms in total. The van der Waals surface area contributed by atoms with E-state index in [4.69, 9.17) is 9.63 Å². The third-order valence-corrected chi connectivity index (χ3v) is 2.19. The fourth-order valence-electron chi connectivity index (χ4n) is 1.39. The SMILES string of the molecule is Cc1noc(CNCc2ccc(O)c(F)c2)n1. The quantitative estimate of drug-likeness (QED) is 0.843.